The van der Waals surface area contributed by atoms with E-state index in [1.165, 1.54) is 29.6 Å². The third-order valence-electron chi connectivity index (χ3n) is 11.6. The van der Waals surface area contributed by atoms with Crippen LogP contribution in [0.3, 0.4) is 0 Å². The topological polar surface area (TPSA) is 502 Å². The number of hydrogen-bond acceptors (Lipinski definition) is 17. The van der Waals surface area contributed by atoms with Crippen LogP contribution in [0.4, 0.5) is 0 Å². The van der Waals surface area contributed by atoms with Gasteiger partial charge in [0.1, 0.15) is 41.9 Å². The van der Waals surface area contributed by atoms with Gasteiger partial charge in [0.25, 0.3) is 0 Å². The number of aliphatic hydroxyl groups is 1. The summed E-state index contributed by atoms with van der Waals surface area (Å²) in [6.45, 7) is 3.49. The molecule has 0 spiro atoms. The Morgan fingerprint density at radius 2 is 1.47 bits per heavy atom. The fraction of sp³-hybridized carbons (Fsp3) is 0.622. The highest BCUT2D eigenvalue weighted by molar-refractivity contribution is 5.99. The Morgan fingerprint density at radius 1 is 0.811 bits per heavy atom. The van der Waals surface area contributed by atoms with Gasteiger partial charge in [-0.3, -0.25) is 43.8 Å². The van der Waals surface area contributed by atoms with E-state index >= 15 is 0 Å². The van der Waals surface area contributed by atoms with E-state index in [4.69, 9.17) is 39.8 Å². The summed E-state index contributed by atoms with van der Waals surface area (Å²) in [5.41, 5.74) is 33.7. The molecule has 24 N–H and O–H groups in total. The van der Waals surface area contributed by atoms with E-state index < -0.39 is 120 Å². The van der Waals surface area contributed by atoms with Gasteiger partial charge in [0, 0.05) is 37.9 Å². The van der Waals surface area contributed by atoms with Gasteiger partial charge >= 0.3 is 5.97 Å². The predicted molar refractivity (Wildman–Crippen MR) is 270 cm³/mol. The number of amides is 8. The lowest BCUT2D eigenvalue weighted by molar-refractivity contribution is -0.142. The van der Waals surface area contributed by atoms with Crippen LogP contribution in [-0.4, -0.2) is 178 Å². The number of likely N-dealkylation sites (tertiary alicyclic amines) is 1. The number of nitrogens with two attached hydrogens (primary N) is 6. The first-order valence-electron chi connectivity index (χ1n) is 24.5. The first-order valence-corrected chi connectivity index (χ1v) is 24.5. The molecule has 0 aromatic carbocycles. The highest BCUT2D eigenvalue weighted by Gasteiger charge is 2.40. The molecule has 8 amide bonds. The summed E-state index contributed by atoms with van der Waals surface area (Å²) >= 11 is 0. The molecule has 1 fully saturated rings. The van der Waals surface area contributed by atoms with Crippen LogP contribution < -0.4 is 76.9 Å². The van der Waals surface area contributed by atoms with E-state index in [-0.39, 0.29) is 83.5 Å². The molecule has 414 valence electrons. The highest BCUT2D eigenvalue weighted by atomic mass is 16.4. The SMILES string of the molecule is C=CC[C@H](NC(=O)[C@@H](NC(=O)[C@@H](N)CCCCN)[C@@H](O)CN)C(=O)NCC(=O)N[C@H](CCCN)C(=O)N1CCC[C@H]1C(=O)N[C@@H](Cc1cnc[nH]1)C(=O)N[C@@H](CCCCN)C(=O)N/C(=C\CCNC(=N)N)C(=O)O. The Hall–Kier alpha value is -7.05. The molecular formula is C45H78N18O11. The minimum Gasteiger partial charge on any atom is -0.477 e. The monoisotopic (exact) mass is 1050 g/mol. The molecule has 2 rings (SSSR count). The number of carboxylic acids is 1. The number of unbranched alkanes of at least 4 members (excludes halogenated alkanes) is 2. The molecule has 8 atom stereocenters. The van der Waals surface area contributed by atoms with Crippen LogP contribution in [0.5, 0.6) is 0 Å². The van der Waals surface area contributed by atoms with E-state index in [1.54, 1.807) is 0 Å². The van der Waals surface area contributed by atoms with Crippen molar-refractivity contribution in [2.45, 2.75) is 132 Å². The summed E-state index contributed by atoms with van der Waals surface area (Å²) in [4.78, 5) is 129. The molecule has 0 aliphatic carbocycles. The summed E-state index contributed by atoms with van der Waals surface area (Å²) in [7, 11) is 0. The van der Waals surface area contributed by atoms with Gasteiger partial charge in [0.15, 0.2) is 5.96 Å². The molecule has 74 heavy (non-hydrogen) atoms. The maximum atomic E-state index is 14.2. The Morgan fingerprint density at radius 3 is 2.08 bits per heavy atom. The van der Waals surface area contributed by atoms with Crippen molar-refractivity contribution in [3.63, 3.8) is 0 Å². The van der Waals surface area contributed by atoms with Gasteiger partial charge in [-0.2, -0.15) is 0 Å². The van der Waals surface area contributed by atoms with Crippen molar-refractivity contribution in [1.29, 1.82) is 5.41 Å². The summed E-state index contributed by atoms with van der Waals surface area (Å²) in [6.07, 6.45) is 6.67. The molecule has 0 radical (unpaired) electrons. The number of imidazole rings is 1. The molecule has 1 aliphatic rings. The number of aliphatic carboxylic acids is 1. The minimum absolute atomic E-state index is 0.0365. The number of nitrogens with zero attached hydrogens (tertiary/aromatic N) is 2. The number of nitrogens with one attached hydrogen (secondary N) is 10. The van der Waals surface area contributed by atoms with Crippen molar-refractivity contribution in [3.8, 4) is 0 Å². The third-order valence-corrected chi connectivity index (χ3v) is 11.6. The van der Waals surface area contributed by atoms with Crippen molar-refractivity contribution in [1.82, 2.24) is 57.4 Å². The Kier molecular flexibility index (Phi) is 29.3. The van der Waals surface area contributed by atoms with Gasteiger partial charge in [0.2, 0.25) is 47.3 Å². The number of aromatic amines is 1. The van der Waals surface area contributed by atoms with Crippen LogP contribution in [0.15, 0.2) is 37.0 Å². The van der Waals surface area contributed by atoms with Gasteiger partial charge in [0.05, 0.1) is 25.0 Å². The maximum Gasteiger partial charge on any atom is 0.352 e. The molecule has 1 aromatic rings. The number of carbonyl (C=O) groups is 9. The van der Waals surface area contributed by atoms with Crippen molar-refractivity contribution in [2.24, 2.45) is 34.4 Å². The number of aromatic nitrogens is 2. The van der Waals surface area contributed by atoms with E-state index in [2.05, 4.69) is 59.1 Å². The molecule has 0 saturated carbocycles. The number of rotatable bonds is 36. The lowest BCUT2D eigenvalue weighted by Gasteiger charge is -2.30. The largest absolute Gasteiger partial charge is 0.477 e. The number of hydrogen-bond donors (Lipinski definition) is 18. The zero-order valence-corrected chi connectivity index (χ0v) is 41.7. The van der Waals surface area contributed by atoms with Gasteiger partial charge in [-0.05, 0) is 90.3 Å². The molecule has 29 heteroatoms. The van der Waals surface area contributed by atoms with Crippen molar-refractivity contribution < 1.29 is 53.4 Å². The van der Waals surface area contributed by atoms with Crippen LogP contribution in [0.25, 0.3) is 0 Å². The fourth-order valence-electron chi connectivity index (χ4n) is 7.61. The smallest absolute Gasteiger partial charge is 0.352 e. The normalized spacial score (nSPS) is 16.2. The molecular weight excluding hydrogens is 969 g/mol. The molecule has 1 saturated heterocycles. The summed E-state index contributed by atoms with van der Waals surface area (Å²) < 4.78 is 0. The number of guanidine groups is 1. The zero-order chi connectivity index (χ0) is 55.2. The number of aliphatic hydroxyl groups excluding tert-OH is 1. The van der Waals surface area contributed by atoms with Crippen LogP contribution in [0.2, 0.25) is 0 Å². The average Bonchev–Trinajstić information content (AvgIpc) is 4.09. The van der Waals surface area contributed by atoms with Crippen LogP contribution >= 0.6 is 0 Å². The van der Waals surface area contributed by atoms with Crippen molar-refractivity contribution in [3.05, 3.63) is 42.6 Å². The van der Waals surface area contributed by atoms with E-state index in [0.29, 0.717) is 44.3 Å². The van der Waals surface area contributed by atoms with E-state index in [9.17, 15) is 53.4 Å². The van der Waals surface area contributed by atoms with E-state index in [0.717, 1.165) is 0 Å². The fourth-order valence-corrected chi connectivity index (χ4v) is 7.61. The Balaban J connectivity index is 2.24. The second-order valence-corrected chi connectivity index (χ2v) is 17.5. The van der Waals surface area contributed by atoms with Crippen LogP contribution in [0, 0.1) is 5.41 Å². The molecule has 1 aromatic heterocycles. The summed E-state index contributed by atoms with van der Waals surface area (Å²) in [6, 6.07) is -8.95. The lowest BCUT2D eigenvalue weighted by atomic mass is 10.1. The Bertz CT molecular complexity index is 2060. The highest BCUT2D eigenvalue weighted by Crippen LogP contribution is 2.20. The number of H-pyrrole nitrogens is 1. The van der Waals surface area contributed by atoms with Gasteiger partial charge in [-0.1, -0.05) is 18.6 Å². The van der Waals surface area contributed by atoms with Crippen molar-refractivity contribution >= 4 is 59.2 Å². The number of carboxylic acid groups (broad SMARTS) is 1. The zero-order valence-electron chi connectivity index (χ0n) is 41.7. The van der Waals surface area contributed by atoms with Crippen molar-refractivity contribution in [2.75, 3.05) is 45.8 Å². The summed E-state index contributed by atoms with van der Waals surface area (Å²) in [5.74, 6) is -8.22. The quantitative estimate of drug-likeness (QED) is 0.00977. The molecule has 0 unspecified atom stereocenters. The average molecular weight is 1050 g/mol. The first kappa shape index (κ1) is 63.1. The predicted octanol–water partition coefficient (Wildman–Crippen LogP) is -6.34. The van der Waals surface area contributed by atoms with Gasteiger partial charge in [-0.15, -0.1) is 6.58 Å². The molecule has 1 aliphatic heterocycles. The molecule has 29 nitrogen and oxygen atoms in total. The second-order valence-electron chi connectivity index (χ2n) is 17.5. The molecule has 0 bridgehead atoms. The molecule has 2 heterocycles. The standard InChI is InChI=1S/C45H78N18O11/c1-2-10-28(59-42(71)36(34(64)22-49)62-37(66)27(50)11-3-5-16-46)38(67)55-24-35(65)57-30(13-7-18-48)43(72)63-20-9-15-33(63)41(70)61-32(21-26-23-53-25-56-26)40(69)58-29(12-4-6-17-47)39(68)60-31(44(73)74)14-8-19-54-45(51)52/h2,14,23,25,27-30,32-34,36,64H,1,3-13,15-22,24,46-50H2,(H,53,56)(H,55,67)(H,57,65)(H,58,69)(H,59,71)(H,60,68)(H,61,70)(H,62,66)(H,73,74)(H4,51,52,54)/b31-14-/t27-,28-,29-,30+,32-,33-,34-,36-/m0/s1. The number of carbonyl (C=O) groups excluding carboxylic acids is 8. The van der Waals surface area contributed by atoms with E-state index in [1.807, 2.05) is 0 Å². The van der Waals surface area contributed by atoms with Gasteiger partial charge in [-0.25, -0.2) is 9.78 Å². The lowest BCUT2D eigenvalue weighted by Crippen LogP contribution is -2.61. The summed E-state index contributed by atoms with van der Waals surface area (Å²) in [5, 5.41) is 47.5. The Labute approximate surface area is 429 Å². The third kappa shape index (κ3) is 22.4. The first-order chi connectivity index (χ1) is 35.3. The van der Waals surface area contributed by atoms with Gasteiger partial charge < -0.3 is 97.0 Å². The van der Waals surface area contributed by atoms with Crippen LogP contribution in [0.1, 0.15) is 82.7 Å². The van der Waals surface area contributed by atoms with Crippen LogP contribution in [-0.2, 0) is 49.6 Å². The second kappa shape index (κ2) is 34.4. The minimum atomic E-state index is -1.60. The maximum absolute atomic E-state index is 14.2.